The van der Waals surface area contributed by atoms with Crippen molar-refractivity contribution >= 4 is 0 Å². The third-order valence-electron chi connectivity index (χ3n) is 2.03. The monoisotopic (exact) mass is 160 g/mol. The van der Waals surface area contributed by atoms with Gasteiger partial charge in [0, 0.05) is 6.42 Å². The predicted molar refractivity (Wildman–Crippen MR) is 41.2 cm³/mol. The summed E-state index contributed by atoms with van der Waals surface area (Å²) in [6, 6.07) is 0. The smallest absolute Gasteiger partial charge is 0.0859 e. The molecule has 1 heterocycles. The molecular weight excluding hydrogens is 144 g/mol. The molecule has 0 saturated carbocycles. The molecule has 0 amide bonds. The molecule has 2 N–H and O–H groups in total. The van der Waals surface area contributed by atoms with Crippen molar-refractivity contribution in [2.75, 3.05) is 6.61 Å². The number of aliphatic hydroxyl groups is 2. The van der Waals surface area contributed by atoms with Crippen LogP contribution in [0.25, 0.3) is 0 Å². The topological polar surface area (TPSA) is 49.7 Å². The van der Waals surface area contributed by atoms with Gasteiger partial charge >= 0.3 is 0 Å². The van der Waals surface area contributed by atoms with E-state index in [0.29, 0.717) is 18.9 Å². The first-order chi connectivity index (χ1) is 5.11. The largest absolute Gasteiger partial charge is 0.391 e. The summed E-state index contributed by atoms with van der Waals surface area (Å²) >= 11 is 0. The first-order valence-electron chi connectivity index (χ1n) is 4.09. The van der Waals surface area contributed by atoms with E-state index in [1.165, 1.54) is 0 Å². The van der Waals surface area contributed by atoms with Crippen molar-refractivity contribution in [1.82, 2.24) is 0 Å². The van der Waals surface area contributed by atoms with Crippen molar-refractivity contribution in [3.8, 4) is 0 Å². The van der Waals surface area contributed by atoms with Gasteiger partial charge in [-0.2, -0.15) is 0 Å². The van der Waals surface area contributed by atoms with Crippen LogP contribution in [-0.4, -0.2) is 35.1 Å². The zero-order valence-corrected chi connectivity index (χ0v) is 7.03. The maximum atomic E-state index is 9.42. The summed E-state index contributed by atoms with van der Waals surface area (Å²) in [6.45, 7) is 4.37. The highest BCUT2D eigenvalue weighted by atomic mass is 16.5. The second-order valence-corrected chi connectivity index (χ2v) is 3.50. The average Bonchev–Trinajstić information content (AvgIpc) is 1.85. The van der Waals surface area contributed by atoms with Crippen LogP contribution in [0.5, 0.6) is 0 Å². The van der Waals surface area contributed by atoms with Crippen LogP contribution >= 0.6 is 0 Å². The van der Waals surface area contributed by atoms with Gasteiger partial charge in [-0.15, -0.1) is 0 Å². The van der Waals surface area contributed by atoms with E-state index in [0.717, 1.165) is 0 Å². The van der Waals surface area contributed by atoms with Crippen LogP contribution in [0.1, 0.15) is 20.3 Å². The van der Waals surface area contributed by atoms with Gasteiger partial charge in [0.1, 0.15) is 0 Å². The first kappa shape index (κ1) is 8.97. The number of hydrogen-bond acceptors (Lipinski definition) is 3. The fourth-order valence-electron chi connectivity index (χ4n) is 1.45. The molecule has 0 aromatic rings. The second kappa shape index (κ2) is 3.52. The SMILES string of the molecule is CC(C)[C@@H]1OC[C@@H](O)CC1O. The van der Waals surface area contributed by atoms with Crippen LogP contribution in [-0.2, 0) is 4.74 Å². The molecule has 3 heteroatoms. The van der Waals surface area contributed by atoms with E-state index in [1.54, 1.807) is 0 Å². The minimum atomic E-state index is -0.501. The molecule has 1 fully saturated rings. The van der Waals surface area contributed by atoms with Crippen LogP contribution in [0, 0.1) is 5.92 Å². The molecule has 11 heavy (non-hydrogen) atoms. The van der Waals surface area contributed by atoms with Crippen LogP contribution in [0.4, 0.5) is 0 Å². The summed E-state index contributed by atoms with van der Waals surface area (Å²) in [5.74, 6) is 0.317. The molecule has 0 radical (unpaired) electrons. The zero-order valence-electron chi connectivity index (χ0n) is 7.03. The zero-order chi connectivity index (χ0) is 8.43. The molecule has 0 aliphatic carbocycles. The molecule has 66 valence electrons. The maximum Gasteiger partial charge on any atom is 0.0859 e. The van der Waals surface area contributed by atoms with Gasteiger partial charge in [-0.25, -0.2) is 0 Å². The van der Waals surface area contributed by atoms with E-state index < -0.39 is 12.2 Å². The molecule has 1 unspecified atom stereocenters. The third-order valence-corrected chi connectivity index (χ3v) is 2.03. The predicted octanol–water partition coefficient (Wildman–Crippen LogP) is 0.153. The lowest BCUT2D eigenvalue weighted by atomic mass is 9.95. The molecule has 3 nitrogen and oxygen atoms in total. The molecule has 1 rings (SSSR count). The summed E-state index contributed by atoms with van der Waals surface area (Å²) in [6.07, 6.45) is -0.639. The minimum Gasteiger partial charge on any atom is -0.391 e. The fourth-order valence-corrected chi connectivity index (χ4v) is 1.45. The maximum absolute atomic E-state index is 9.42. The highest BCUT2D eigenvalue weighted by Crippen LogP contribution is 2.20. The van der Waals surface area contributed by atoms with Crippen molar-refractivity contribution in [1.29, 1.82) is 0 Å². The Balaban J connectivity index is 2.44. The Morgan fingerprint density at radius 1 is 1.36 bits per heavy atom. The second-order valence-electron chi connectivity index (χ2n) is 3.50. The van der Waals surface area contributed by atoms with Crippen molar-refractivity contribution < 1.29 is 14.9 Å². The average molecular weight is 160 g/mol. The van der Waals surface area contributed by atoms with Crippen molar-refractivity contribution in [3.63, 3.8) is 0 Å². The Morgan fingerprint density at radius 3 is 2.45 bits per heavy atom. The molecule has 1 saturated heterocycles. The molecule has 0 bridgehead atoms. The summed E-state index contributed by atoms with van der Waals surface area (Å²) in [5.41, 5.74) is 0. The molecular formula is C8H16O3. The van der Waals surface area contributed by atoms with Gasteiger partial charge in [-0.3, -0.25) is 0 Å². The summed E-state index contributed by atoms with van der Waals surface area (Å²) in [4.78, 5) is 0. The highest BCUT2D eigenvalue weighted by Gasteiger charge is 2.30. The van der Waals surface area contributed by atoms with E-state index in [1.807, 2.05) is 13.8 Å². The van der Waals surface area contributed by atoms with Gasteiger partial charge in [0.15, 0.2) is 0 Å². The fraction of sp³-hybridized carbons (Fsp3) is 1.00. The highest BCUT2D eigenvalue weighted by molar-refractivity contribution is 4.79. The number of ether oxygens (including phenoxy) is 1. The van der Waals surface area contributed by atoms with Gasteiger partial charge in [-0.05, 0) is 5.92 Å². The van der Waals surface area contributed by atoms with Gasteiger partial charge in [0.05, 0.1) is 24.9 Å². The van der Waals surface area contributed by atoms with Gasteiger partial charge in [0.2, 0.25) is 0 Å². The number of aliphatic hydroxyl groups excluding tert-OH is 2. The molecule has 0 spiro atoms. The van der Waals surface area contributed by atoms with Gasteiger partial charge in [-0.1, -0.05) is 13.8 Å². The number of rotatable bonds is 1. The normalized spacial score (nSPS) is 39.5. The lowest BCUT2D eigenvalue weighted by molar-refractivity contribution is -0.138. The molecule has 1 aliphatic heterocycles. The van der Waals surface area contributed by atoms with Crippen molar-refractivity contribution in [3.05, 3.63) is 0 Å². The van der Waals surface area contributed by atoms with Crippen LogP contribution in [0.2, 0.25) is 0 Å². The Labute approximate surface area is 67.0 Å². The Kier molecular flexibility index (Phi) is 2.87. The Morgan fingerprint density at radius 2 is 2.00 bits per heavy atom. The van der Waals surface area contributed by atoms with Gasteiger partial charge < -0.3 is 14.9 Å². The van der Waals surface area contributed by atoms with Crippen molar-refractivity contribution in [2.24, 2.45) is 5.92 Å². The lowest BCUT2D eigenvalue weighted by Crippen LogP contribution is -2.43. The lowest BCUT2D eigenvalue weighted by Gasteiger charge is -2.33. The first-order valence-corrected chi connectivity index (χ1v) is 4.09. The number of hydrogen-bond donors (Lipinski definition) is 2. The Bertz CT molecular complexity index is 125. The minimum absolute atomic E-state index is 0.0987. The molecule has 0 aromatic heterocycles. The molecule has 3 atom stereocenters. The third kappa shape index (κ3) is 2.15. The molecule has 0 aromatic carbocycles. The van der Waals surface area contributed by atoms with Crippen LogP contribution < -0.4 is 0 Å². The Hall–Kier alpha value is -0.120. The molecule has 1 aliphatic rings. The van der Waals surface area contributed by atoms with E-state index in [-0.39, 0.29) is 6.10 Å². The van der Waals surface area contributed by atoms with E-state index in [4.69, 9.17) is 9.84 Å². The van der Waals surface area contributed by atoms with Crippen molar-refractivity contribution in [2.45, 2.75) is 38.6 Å². The van der Waals surface area contributed by atoms with Crippen LogP contribution in [0.3, 0.4) is 0 Å². The van der Waals surface area contributed by atoms with E-state index >= 15 is 0 Å². The van der Waals surface area contributed by atoms with E-state index in [9.17, 15) is 5.11 Å². The summed E-state index contributed by atoms with van der Waals surface area (Å²) in [7, 11) is 0. The van der Waals surface area contributed by atoms with Crippen LogP contribution in [0.15, 0.2) is 0 Å². The van der Waals surface area contributed by atoms with Gasteiger partial charge in [0.25, 0.3) is 0 Å². The summed E-state index contributed by atoms with van der Waals surface area (Å²) in [5, 5.41) is 18.5. The quantitative estimate of drug-likeness (QED) is 0.574. The standard InChI is InChI=1S/C8H16O3/c1-5(2)8-7(10)3-6(9)4-11-8/h5-10H,3-4H2,1-2H3/t6-,7?,8-/m0/s1. The summed E-state index contributed by atoms with van der Waals surface area (Å²) < 4.78 is 5.26. The van der Waals surface area contributed by atoms with E-state index in [2.05, 4.69) is 0 Å².